The molecule has 0 radical (unpaired) electrons. The highest BCUT2D eigenvalue weighted by molar-refractivity contribution is 7.80. The molecule has 1 amide bonds. The van der Waals surface area contributed by atoms with Crippen LogP contribution in [0.3, 0.4) is 0 Å². The first-order valence-corrected chi connectivity index (χ1v) is 8.15. The Balaban J connectivity index is 1.77. The third-order valence-electron chi connectivity index (χ3n) is 4.09. The van der Waals surface area contributed by atoms with E-state index in [1.54, 1.807) is 18.2 Å². The van der Waals surface area contributed by atoms with Gasteiger partial charge in [-0.3, -0.25) is 4.79 Å². The van der Waals surface area contributed by atoms with Crippen LogP contribution < -0.4 is 10.2 Å². The van der Waals surface area contributed by atoms with Crippen molar-refractivity contribution < 1.29 is 9.18 Å². The van der Waals surface area contributed by atoms with Crippen LogP contribution in [0, 0.1) is 5.82 Å². The van der Waals surface area contributed by atoms with Crippen LogP contribution in [0.2, 0.25) is 0 Å². The Hall–Kier alpha value is -3.05. The summed E-state index contributed by atoms with van der Waals surface area (Å²) in [6, 6.07) is 19.9. The lowest BCUT2D eigenvalue weighted by molar-refractivity contribution is -0.113. The number of anilines is 1. The summed E-state index contributed by atoms with van der Waals surface area (Å²) in [5, 5.41) is 5.17. The first-order chi connectivity index (χ1) is 12.1. The molecular weight excluding hydrogens is 335 g/mol. The molecule has 0 atom stereocenters. The fourth-order valence-electron chi connectivity index (χ4n) is 2.92. The van der Waals surface area contributed by atoms with E-state index < -0.39 is 5.82 Å². The number of carbonyl (C=O) groups excluding carboxylic acids is 1. The maximum absolute atomic E-state index is 14.0. The van der Waals surface area contributed by atoms with Gasteiger partial charge >= 0.3 is 0 Å². The number of rotatable bonds is 2. The fourth-order valence-corrected chi connectivity index (χ4v) is 3.21. The number of nitrogens with zero attached hydrogens (tertiary/aromatic N) is 1. The first kappa shape index (κ1) is 15.5. The lowest BCUT2D eigenvalue weighted by Gasteiger charge is -2.14. The van der Waals surface area contributed by atoms with E-state index in [0.29, 0.717) is 5.70 Å². The van der Waals surface area contributed by atoms with Crippen LogP contribution in [-0.2, 0) is 4.79 Å². The lowest BCUT2D eigenvalue weighted by Crippen LogP contribution is -2.31. The zero-order chi connectivity index (χ0) is 17.4. The normalized spacial score (nSPS) is 15.9. The van der Waals surface area contributed by atoms with Crippen molar-refractivity contribution in [2.24, 2.45) is 0 Å². The number of para-hydroxylation sites is 1. The summed E-state index contributed by atoms with van der Waals surface area (Å²) in [7, 11) is 0. The highest BCUT2D eigenvalue weighted by Gasteiger charge is 2.33. The van der Waals surface area contributed by atoms with Gasteiger partial charge in [-0.15, -0.1) is 0 Å². The van der Waals surface area contributed by atoms with Gasteiger partial charge in [0.1, 0.15) is 11.5 Å². The summed E-state index contributed by atoms with van der Waals surface area (Å²) in [5.41, 5.74) is 1.36. The van der Waals surface area contributed by atoms with Crippen molar-refractivity contribution in [1.29, 1.82) is 0 Å². The van der Waals surface area contributed by atoms with E-state index in [1.807, 2.05) is 42.5 Å². The van der Waals surface area contributed by atoms with Gasteiger partial charge in [0.2, 0.25) is 0 Å². The largest absolute Gasteiger partial charge is 0.327 e. The van der Waals surface area contributed by atoms with Gasteiger partial charge in [-0.1, -0.05) is 54.6 Å². The Bertz CT molecular complexity index is 1040. The second-order valence-corrected chi connectivity index (χ2v) is 6.04. The van der Waals surface area contributed by atoms with Gasteiger partial charge in [-0.2, -0.15) is 0 Å². The van der Waals surface area contributed by atoms with Crippen LogP contribution in [0.25, 0.3) is 16.8 Å². The van der Waals surface area contributed by atoms with Gasteiger partial charge in [0.15, 0.2) is 5.11 Å². The number of thiocarbonyl (C=S) groups is 1. The Morgan fingerprint density at radius 3 is 2.52 bits per heavy atom. The third-order valence-corrected chi connectivity index (χ3v) is 4.38. The molecule has 1 N–H and O–H groups in total. The van der Waals surface area contributed by atoms with E-state index in [4.69, 9.17) is 12.2 Å². The van der Waals surface area contributed by atoms with Gasteiger partial charge in [0.25, 0.3) is 5.91 Å². The topological polar surface area (TPSA) is 32.3 Å². The molecule has 0 aromatic heterocycles. The molecule has 25 heavy (non-hydrogen) atoms. The summed E-state index contributed by atoms with van der Waals surface area (Å²) in [6.07, 6.45) is 1.75. The average Bonchev–Trinajstić information content (AvgIpc) is 2.90. The number of amides is 1. The third kappa shape index (κ3) is 2.68. The molecule has 1 aliphatic rings. The zero-order valence-corrected chi connectivity index (χ0v) is 13.9. The van der Waals surface area contributed by atoms with Crippen LogP contribution in [0.4, 0.5) is 10.1 Å². The van der Waals surface area contributed by atoms with E-state index in [9.17, 15) is 9.18 Å². The van der Waals surface area contributed by atoms with E-state index in [2.05, 4.69) is 5.32 Å². The van der Waals surface area contributed by atoms with Gasteiger partial charge in [0, 0.05) is 0 Å². The van der Waals surface area contributed by atoms with Gasteiger partial charge < -0.3 is 5.32 Å². The summed E-state index contributed by atoms with van der Waals surface area (Å²) < 4.78 is 14.0. The monoisotopic (exact) mass is 348 g/mol. The van der Waals surface area contributed by atoms with E-state index in [0.717, 1.165) is 16.3 Å². The number of hydrogen-bond donors (Lipinski definition) is 1. The van der Waals surface area contributed by atoms with Crippen LogP contribution >= 0.6 is 12.2 Å². The van der Waals surface area contributed by atoms with Gasteiger partial charge in [-0.25, -0.2) is 9.29 Å². The van der Waals surface area contributed by atoms with E-state index in [1.165, 1.54) is 17.0 Å². The van der Waals surface area contributed by atoms with Gasteiger partial charge in [-0.05, 0) is 46.8 Å². The minimum absolute atomic E-state index is 0.145. The molecule has 1 heterocycles. The molecule has 0 aliphatic carbocycles. The molecule has 1 saturated heterocycles. The first-order valence-electron chi connectivity index (χ1n) is 7.74. The summed E-state index contributed by atoms with van der Waals surface area (Å²) in [5.74, 6) is -0.866. The summed E-state index contributed by atoms with van der Waals surface area (Å²) in [6.45, 7) is 0. The summed E-state index contributed by atoms with van der Waals surface area (Å²) >= 11 is 5.23. The quantitative estimate of drug-likeness (QED) is 0.555. The zero-order valence-electron chi connectivity index (χ0n) is 13.1. The molecule has 0 spiro atoms. The number of fused-ring (bicyclic) bond motifs is 1. The van der Waals surface area contributed by atoms with Gasteiger partial charge in [0.05, 0.1) is 5.69 Å². The molecule has 0 unspecified atom stereocenters. The molecule has 3 nitrogen and oxygen atoms in total. The molecule has 1 fully saturated rings. The average molecular weight is 348 g/mol. The Morgan fingerprint density at radius 1 is 0.960 bits per heavy atom. The number of nitrogens with one attached hydrogen (secondary N) is 1. The van der Waals surface area contributed by atoms with Crippen LogP contribution in [-0.4, -0.2) is 11.0 Å². The molecule has 0 bridgehead atoms. The Morgan fingerprint density at radius 2 is 1.68 bits per heavy atom. The van der Waals surface area contributed by atoms with E-state index >= 15 is 0 Å². The minimum atomic E-state index is -0.494. The molecule has 3 aromatic rings. The maximum Gasteiger partial charge on any atom is 0.281 e. The second kappa shape index (κ2) is 6.11. The van der Waals surface area contributed by atoms with Crippen LogP contribution in [0.1, 0.15) is 5.56 Å². The molecule has 3 aromatic carbocycles. The molecule has 5 heteroatoms. The highest BCUT2D eigenvalue weighted by atomic mass is 32.1. The van der Waals surface area contributed by atoms with E-state index in [-0.39, 0.29) is 16.7 Å². The Kier molecular flexibility index (Phi) is 3.78. The SMILES string of the molecule is O=C1C(=Cc2cccc3ccccc23)NC(=S)N1c1ccccc1F. The lowest BCUT2D eigenvalue weighted by atomic mass is 10.0. The summed E-state index contributed by atoms with van der Waals surface area (Å²) in [4.78, 5) is 13.9. The van der Waals surface area contributed by atoms with Crippen molar-refractivity contribution in [2.45, 2.75) is 0 Å². The maximum atomic E-state index is 14.0. The van der Waals surface area contributed by atoms with Crippen molar-refractivity contribution >= 4 is 45.8 Å². The van der Waals surface area contributed by atoms with Crippen LogP contribution in [0.15, 0.2) is 72.4 Å². The predicted octanol–water partition coefficient (Wildman–Crippen LogP) is 4.24. The predicted molar refractivity (Wildman–Crippen MR) is 102 cm³/mol. The molecule has 122 valence electrons. The fraction of sp³-hybridized carbons (Fsp3) is 0. The van der Waals surface area contributed by atoms with Crippen molar-refractivity contribution in [1.82, 2.24) is 5.32 Å². The number of carbonyl (C=O) groups is 1. The number of halogens is 1. The molecule has 1 aliphatic heterocycles. The van der Waals surface area contributed by atoms with Crippen molar-refractivity contribution in [3.05, 3.63) is 83.8 Å². The minimum Gasteiger partial charge on any atom is -0.327 e. The second-order valence-electron chi connectivity index (χ2n) is 5.65. The smallest absolute Gasteiger partial charge is 0.281 e. The van der Waals surface area contributed by atoms with Crippen molar-refractivity contribution in [3.63, 3.8) is 0 Å². The highest BCUT2D eigenvalue weighted by Crippen LogP contribution is 2.26. The van der Waals surface area contributed by atoms with Crippen molar-refractivity contribution in [3.8, 4) is 0 Å². The molecule has 4 rings (SSSR count). The number of hydrogen-bond acceptors (Lipinski definition) is 2. The molecular formula is C20H13FN2OS. The Labute approximate surface area is 149 Å². The molecule has 0 saturated carbocycles. The standard InChI is InChI=1S/C20H13FN2OS/c21-16-10-3-4-11-18(16)23-19(24)17(22-20(23)25)12-14-8-5-7-13-6-1-2-9-15(13)14/h1-12H,(H,22,25). The van der Waals surface area contributed by atoms with Crippen molar-refractivity contribution in [2.75, 3.05) is 4.90 Å². The number of benzene rings is 3. The van der Waals surface area contributed by atoms with Crippen LogP contribution in [0.5, 0.6) is 0 Å².